The van der Waals surface area contributed by atoms with E-state index in [1.54, 1.807) is 11.8 Å². The number of methoxy groups -OCH3 is 1. The number of fused-ring (bicyclic) bond motifs is 1. The summed E-state index contributed by atoms with van der Waals surface area (Å²) >= 11 is 3.69. The zero-order valence-corrected chi connectivity index (χ0v) is 16.0. The molecule has 2 N–H and O–H groups in total. The molecule has 5 nitrogen and oxygen atoms in total. The molecule has 0 aliphatic carbocycles. The Bertz CT molecular complexity index is 626. The number of thioether (sulfide) groups is 2. The van der Waals surface area contributed by atoms with Gasteiger partial charge in [-0.05, 0) is 30.7 Å². The minimum Gasteiger partial charge on any atom is -0.465 e. The van der Waals surface area contributed by atoms with Gasteiger partial charge in [0, 0.05) is 15.9 Å². The summed E-state index contributed by atoms with van der Waals surface area (Å²) in [5.74, 6) is 1.74. The normalized spacial score (nSPS) is 24.5. The number of esters is 1. The van der Waals surface area contributed by atoms with Gasteiger partial charge in [0.2, 0.25) is 0 Å². The molecule has 2 amide bonds. The Kier molecular flexibility index (Phi) is 6.53. The average molecular weight is 381 g/mol. The number of urea groups is 1. The first-order valence-electron chi connectivity index (χ1n) is 8.68. The Labute approximate surface area is 157 Å². The van der Waals surface area contributed by atoms with Gasteiger partial charge < -0.3 is 15.4 Å². The second-order valence-electron chi connectivity index (χ2n) is 6.31. The number of unbranched alkanes of at least 4 members (excludes halogenated alkanes) is 2. The summed E-state index contributed by atoms with van der Waals surface area (Å²) in [6.45, 7) is 0. The molecule has 2 aliphatic rings. The van der Waals surface area contributed by atoms with Crippen LogP contribution >= 0.6 is 23.5 Å². The fourth-order valence-electron chi connectivity index (χ4n) is 3.32. The van der Waals surface area contributed by atoms with Crippen LogP contribution < -0.4 is 10.6 Å². The zero-order chi connectivity index (χ0) is 17.6. The largest absolute Gasteiger partial charge is 0.465 e. The molecule has 1 aromatic carbocycles. The van der Waals surface area contributed by atoms with E-state index < -0.39 is 0 Å². The Morgan fingerprint density at radius 3 is 2.96 bits per heavy atom. The number of hydrogen-bond donors (Lipinski definition) is 2. The first-order chi connectivity index (χ1) is 12.2. The molecular formula is C18H24N2O3S2. The lowest BCUT2D eigenvalue weighted by atomic mass is 10.0. The van der Waals surface area contributed by atoms with Gasteiger partial charge in [0.05, 0.1) is 24.8 Å². The topological polar surface area (TPSA) is 67.4 Å². The molecule has 136 valence electrons. The van der Waals surface area contributed by atoms with E-state index in [9.17, 15) is 9.59 Å². The third kappa shape index (κ3) is 4.64. The van der Waals surface area contributed by atoms with Crippen molar-refractivity contribution < 1.29 is 14.3 Å². The fraction of sp³-hybridized carbons (Fsp3) is 0.556. The molecule has 2 aliphatic heterocycles. The highest BCUT2D eigenvalue weighted by Crippen LogP contribution is 2.33. The smallest absolute Gasteiger partial charge is 0.338 e. The van der Waals surface area contributed by atoms with Crippen molar-refractivity contribution in [1.29, 1.82) is 0 Å². The third-order valence-electron chi connectivity index (χ3n) is 4.62. The summed E-state index contributed by atoms with van der Waals surface area (Å²) < 4.78 is 4.83. The molecule has 0 radical (unpaired) electrons. The highest BCUT2D eigenvalue weighted by Gasteiger charge is 2.42. The Balaban J connectivity index is 1.35. The van der Waals surface area contributed by atoms with E-state index in [2.05, 4.69) is 10.6 Å². The average Bonchev–Trinajstić information content (AvgIpc) is 3.17. The van der Waals surface area contributed by atoms with Crippen LogP contribution in [0.5, 0.6) is 0 Å². The fourth-order valence-corrected chi connectivity index (χ4v) is 5.91. The first-order valence-corrected chi connectivity index (χ1v) is 10.7. The van der Waals surface area contributed by atoms with E-state index in [1.165, 1.54) is 20.0 Å². The molecule has 7 heteroatoms. The van der Waals surface area contributed by atoms with Crippen molar-refractivity contribution in [2.75, 3.05) is 18.6 Å². The standard InChI is InChI=1S/C18H24N2O3S2/c1-23-17(21)12-7-4-5-8-14(12)24-10-6-2-3-9-15-16-13(11-25-15)19-18(22)20-16/h4-5,7-8,13,15-16H,2-3,6,9-11H2,1H3,(H2,19,20,22)/t13-,15-,16-/m0/s1. The Hall–Kier alpha value is -1.34. The molecule has 0 unspecified atom stereocenters. The van der Waals surface area contributed by atoms with E-state index >= 15 is 0 Å². The van der Waals surface area contributed by atoms with Gasteiger partial charge in [0.15, 0.2) is 0 Å². The number of benzene rings is 1. The highest BCUT2D eigenvalue weighted by atomic mass is 32.2. The van der Waals surface area contributed by atoms with Crippen LogP contribution in [0.2, 0.25) is 0 Å². The predicted molar refractivity (Wildman–Crippen MR) is 102 cm³/mol. The van der Waals surface area contributed by atoms with Crippen LogP contribution in [-0.2, 0) is 4.74 Å². The molecule has 0 saturated carbocycles. The number of ether oxygens (including phenoxy) is 1. The SMILES string of the molecule is COC(=O)c1ccccc1SCCCCC[C@@H]1SC[C@@H]2NC(=O)N[C@@H]21. The van der Waals surface area contributed by atoms with Crippen LogP contribution in [0.3, 0.4) is 0 Å². The summed E-state index contributed by atoms with van der Waals surface area (Å²) in [4.78, 5) is 24.1. The zero-order valence-electron chi connectivity index (χ0n) is 14.3. The molecule has 0 aromatic heterocycles. The second-order valence-corrected chi connectivity index (χ2v) is 8.72. The molecule has 2 fully saturated rings. The van der Waals surface area contributed by atoms with Gasteiger partial charge in [0.25, 0.3) is 0 Å². The van der Waals surface area contributed by atoms with Gasteiger partial charge in [-0.25, -0.2) is 9.59 Å². The molecule has 0 spiro atoms. The van der Waals surface area contributed by atoms with Crippen molar-refractivity contribution in [2.45, 2.75) is 47.9 Å². The van der Waals surface area contributed by atoms with Gasteiger partial charge >= 0.3 is 12.0 Å². The van der Waals surface area contributed by atoms with Gasteiger partial charge in [-0.1, -0.05) is 25.0 Å². The molecule has 0 bridgehead atoms. The summed E-state index contributed by atoms with van der Waals surface area (Å²) in [7, 11) is 1.41. The summed E-state index contributed by atoms with van der Waals surface area (Å²) in [5, 5.41) is 6.56. The van der Waals surface area contributed by atoms with Gasteiger partial charge in [-0.3, -0.25) is 0 Å². The van der Waals surface area contributed by atoms with Gasteiger partial charge in [-0.2, -0.15) is 11.8 Å². The molecule has 25 heavy (non-hydrogen) atoms. The number of amides is 2. The third-order valence-corrected chi connectivity index (χ3v) is 7.29. The molecule has 3 atom stereocenters. The number of rotatable bonds is 8. The molecular weight excluding hydrogens is 356 g/mol. The maximum absolute atomic E-state index is 11.8. The van der Waals surface area contributed by atoms with Crippen molar-refractivity contribution in [2.24, 2.45) is 0 Å². The number of hydrogen-bond acceptors (Lipinski definition) is 5. The first kappa shape index (κ1) is 18.5. The minimum absolute atomic E-state index is 0.0130. The minimum atomic E-state index is -0.275. The van der Waals surface area contributed by atoms with E-state index in [1.807, 2.05) is 36.0 Å². The van der Waals surface area contributed by atoms with Crippen LogP contribution in [0.1, 0.15) is 36.0 Å². The quantitative estimate of drug-likeness (QED) is 0.313. The second kappa shape index (κ2) is 8.85. The van der Waals surface area contributed by atoms with E-state index in [-0.39, 0.29) is 12.0 Å². The molecule has 2 heterocycles. The summed E-state index contributed by atoms with van der Waals surface area (Å²) in [6, 6.07) is 8.20. The Morgan fingerprint density at radius 2 is 2.12 bits per heavy atom. The highest BCUT2D eigenvalue weighted by molar-refractivity contribution is 8.00. The van der Waals surface area contributed by atoms with Crippen LogP contribution in [0.25, 0.3) is 0 Å². The maximum Gasteiger partial charge on any atom is 0.338 e. The van der Waals surface area contributed by atoms with E-state index in [4.69, 9.17) is 4.74 Å². The number of carbonyl (C=O) groups excluding carboxylic acids is 2. The van der Waals surface area contributed by atoms with Gasteiger partial charge in [0.1, 0.15) is 0 Å². The van der Waals surface area contributed by atoms with Crippen molar-refractivity contribution in [3.8, 4) is 0 Å². The van der Waals surface area contributed by atoms with Crippen LogP contribution in [-0.4, -0.2) is 47.9 Å². The predicted octanol–water partition coefficient (Wildman–Crippen LogP) is 3.29. The molecule has 3 rings (SSSR count). The van der Waals surface area contributed by atoms with E-state index in [0.717, 1.165) is 29.2 Å². The molecule has 1 aromatic rings. The number of carbonyl (C=O) groups is 2. The molecule has 2 saturated heterocycles. The Morgan fingerprint density at radius 1 is 1.28 bits per heavy atom. The van der Waals surface area contributed by atoms with Crippen LogP contribution in [0, 0.1) is 0 Å². The van der Waals surface area contributed by atoms with E-state index in [0.29, 0.717) is 22.9 Å². The van der Waals surface area contributed by atoms with Crippen LogP contribution in [0.15, 0.2) is 29.2 Å². The van der Waals surface area contributed by atoms with Crippen molar-refractivity contribution in [3.05, 3.63) is 29.8 Å². The van der Waals surface area contributed by atoms with Crippen molar-refractivity contribution in [3.63, 3.8) is 0 Å². The summed E-state index contributed by atoms with van der Waals surface area (Å²) in [5.41, 5.74) is 0.646. The van der Waals surface area contributed by atoms with Crippen molar-refractivity contribution in [1.82, 2.24) is 10.6 Å². The van der Waals surface area contributed by atoms with Gasteiger partial charge in [-0.15, -0.1) is 11.8 Å². The summed E-state index contributed by atoms with van der Waals surface area (Å²) in [6.07, 6.45) is 4.62. The van der Waals surface area contributed by atoms with Crippen molar-refractivity contribution >= 4 is 35.5 Å². The lowest BCUT2D eigenvalue weighted by Crippen LogP contribution is -2.36. The van der Waals surface area contributed by atoms with Crippen LogP contribution in [0.4, 0.5) is 4.79 Å². The lowest BCUT2D eigenvalue weighted by Gasteiger charge is -2.16. The number of nitrogens with one attached hydrogen (secondary N) is 2. The maximum atomic E-state index is 11.8. The lowest BCUT2D eigenvalue weighted by molar-refractivity contribution is 0.0597. The monoisotopic (exact) mass is 380 g/mol.